The number of hydrogen-bond acceptors (Lipinski definition) is 2. The van der Waals surface area contributed by atoms with Crippen LogP contribution < -0.4 is 5.32 Å². The first kappa shape index (κ1) is 8.85. The van der Waals surface area contributed by atoms with E-state index in [1.54, 1.807) is 0 Å². The summed E-state index contributed by atoms with van der Waals surface area (Å²) in [5.41, 5.74) is 1.85. The van der Waals surface area contributed by atoms with Crippen molar-refractivity contribution in [3.8, 4) is 0 Å². The van der Waals surface area contributed by atoms with Crippen molar-refractivity contribution in [3.05, 3.63) is 29.7 Å². The molecule has 4 heteroatoms. The minimum Gasteiger partial charge on any atom is -0.316 e. The zero-order valence-electron chi connectivity index (χ0n) is 8.26. The Morgan fingerprint density at radius 2 is 2.33 bits per heavy atom. The molecule has 1 unspecified atom stereocenters. The van der Waals surface area contributed by atoms with E-state index < -0.39 is 0 Å². The zero-order valence-corrected chi connectivity index (χ0v) is 8.26. The summed E-state index contributed by atoms with van der Waals surface area (Å²) >= 11 is 0. The highest BCUT2D eigenvalue weighted by Gasteiger charge is 2.20. The van der Waals surface area contributed by atoms with E-state index >= 15 is 0 Å². The molecule has 2 aromatic rings. The number of halogens is 1. The van der Waals surface area contributed by atoms with Gasteiger partial charge in [-0.25, -0.2) is 4.39 Å². The maximum Gasteiger partial charge on any atom is 0.125 e. The van der Waals surface area contributed by atoms with Crippen LogP contribution in [0.2, 0.25) is 0 Å². The summed E-state index contributed by atoms with van der Waals surface area (Å²) in [4.78, 5) is 0. The summed E-state index contributed by atoms with van der Waals surface area (Å²) in [6.07, 6.45) is 1.12. The third kappa shape index (κ3) is 1.41. The van der Waals surface area contributed by atoms with Gasteiger partial charge in [0.15, 0.2) is 0 Å². The fourth-order valence-corrected chi connectivity index (χ4v) is 2.22. The monoisotopic (exact) mass is 205 g/mol. The van der Waals surface area contributed by atoms with E-state index in [4.69, 9.17) is 0 Å². The predicted octanol–water partition coefficient (Wildman–Crippen LogP) is 1.78. The van der Waals surface area contributed by atoms with E-state index in [1.807, 2.05) is 6.07 Å². The number of fused-ring (bicyclic) bond motifs is 1. The van der Waals surface area contributed by atoms with Crippen molar-refractivity contribution >= 4 is 10.9 Å². The van der Waals surface area contributed by atoms with Gasteiger partial charge in [0.25, 0.3) is 0 Å². The maximum atomic E-state index is 13.0. The standard InChI is InChI=1S/C11H12FN3/c12-8-1-2-9-10(5-8)14-15-11(9)7-3-4-13-6-7/h1-2,5,7,13H,3-4,6H2,(H,14,15). The summed E-state index contributed by atoms with van der Waals surface area (Å²) in [5, 5.41) is 11.5. The number of aromatic nitrogens is 2. The highest BCUT2D eigenvalue weighted by Crippen LogP contribution is 2.27. The summed E-state index contributed by atoms with van der Waals surface area (Å²) in [6, 6.07) is 4.77. The predicted molar refractivity (Wildman–Crippen MR) is 56.3 cm³/mol. The maximum absolute atomic E-state index is 13.0. The van der Waals surface area contributed by atoms with Crippen LogP contribution in [0.1, 0.15) is 18.0 Å². The molecule has 3 rings (SSSR count). The number of nitrogens with zero attached hydrogens (tertiary/aromatic N) is 1. The normalized spacial score (nSPS) is 21.3. The first-order valence-corrected chi connectivity index (χ1v) is 5.19. The van der Waals surface area contributed by atoms with Gasteiger partial charge in [0.05, 0.1) is 5.52 Å². The average Bonchev–Trinajstić information content (AvgIpc) is 2.82. The summed E-state index contributed by atoms with van der Waals surface area (Å²) in [6.45, 7) is 2.03. The van der Waals surface area contributed by atoms with Crippen molar-refractivity contribution in [3.63, 3.8) is 0 Å². The van der Waals surface area contributed by atoms with Crippen molar-refractivity contribution in [1.82, 2.24) is 15.5 Å². The van der Waals surface area contributed by atoms with E-state index in [2.05, 4.69) is 15.5 Å². The van der Waals surface area contributed by atoms with Gasteiger partial charge in [-0.1, -0.05) is 0 Å². The Labute approximate surface area is 86.7 Å². The molecule has 0 amide bonds. The second-order valence-electron chi connectivity index (χ2n) is 3.99. The van der Waals surface area contributed by atoms with Crippen molar-refractivity contribution in [2.45, 2.75) is 12.3 Å². The first-order valence-electron chi connectivity index (χ1n) is 5.19. The average molecular weight is 205 g/mol. The summed E-state index contributed by atoms with van der Waals surface area (Å²) < 4.78 is 13.0. The van der Waals surface area contributed by atoms with Crippen LogP contribution in [-0.2, 0) is 0 Å². The Bertz CT molecular complexity index is 486. The number of aromatic amines is 1. The summed E-state index contributed by atoms with van der Waals surface area (Å²) in [5.74, 6) is 0.255. The van der Waals surface area contributed by atoms with Gasteiger partial charge in [-0.3, -0.25) is 5.10 Å². The molecule has 0 spiro atoms. The van der Waals surface area contributed by atoms with E-state index in [0.717, 1.165) is 36.1 Å². The fraction of sp³-hybridized carbons (Fsp3) is 0.364. The van der Waals surface area contributed by atoms with Gasteiger partial charge >= 0.3 is 0 Å². The lowest BCUT2D eigenvalue weighted by Gasteiger charge is -2.05. The molecule has 0 radical (unpaired) electrons. The third-order valence-corrected chi connectivity index (χ3v) is 3.02. The lowest BCUT2D eigenvalue weighted by Crippen LogP contribution is -2.08. The van der Waals surface area contributed by atoms with E-state index in [9.17, 15) is 4.39 Å². The quantitative estimate of drug-likeness (QED) is 0.745. The molecule has 78 valence electrons. The van der Waals surface area contributed by atoms with Crippen molar-refractivity contribution < 1.29 is 4.39 Å². The highest BCUT2D eigenvalue weighted by molar-refractivity contribution is 5.81. The lowest BCUT2D eigenvalue weighted by molar-refractivity contribution is 0.629. The topological polar surface area (TPSA) is 40.7 Å². The Balaban J connectivity index is 2.11. The lowest BCUT2D eigenvalue weighted by atomic mass is 10.0. The molecule has 0 bridgehead atoms. The van der Waals surface area contributed by atoms with Crippen LogP contribution in [0, 0.1) is 5.82 Å². The molecule has 3 nitrogen and oxygen atoms in total. The largest absolute Gasteiger partial charge is 0.316 e. The Morgan fingerprint density at radius 3 is 3.13 bits per heavy atom. The second kappa shape index (κ2) is 3.31. The minimum atomic E-state index is -0.231. The molecule has 1 aromatic heterocycles. The third-order valence-electron chi connectivity index (χ3n) is 3.02. The molecular weight excluding hydrogens is 193 g/mol. The SMILES string of the molecule is Fc1ccc2c(C3CCNC3)[nH]nc2c1. The van der Waals surface area contributed by atoms with Gasteiger partial charge in [0, 0.05) is 29.6 Å². The van der Waals surface area contributed by atoms with Crippen LogP contribution in [0.5, 0.6) is 0 Å². The van der Waals surface area contributed by atoms with E-state index in [1.165, 1.54) is 12.1 Å². The second-order valence-corrected chi connectivity index (χ2v) is 3.99. The number of benzene rings is 1. The molecule has 1 fully saturated rings. The van der Waals surface area contributed by atoms with Crippen molar-refractivity contribution in [2.75, 3.05) is 13.1 Å². The van der Waals surface area contributed by atoms with Gasteiger partial charge in [-0.05, 0) is 25.1 Å². The first-order chi connectivity index (χ1) is 7.34. The van der Waals surface area contributed by atoms with Gasteiger partial charge < -0.3 is 5.32 Å². The van der Waals surface area contributed by atoms with Crippen LogP contribution in [0.25, 0.3) is 10.9 Å². The molecule has 1 aliphatic heterocycles. The smallest absolute Gasteiger partial charge is 0.125 e. The number of nitrogens with one attached hydrogen (secondary N) is 2. The van der Waals surface area contributed by atoms with Crippen molar-refractivity contribution in [1.29, 1.82) is 0 Å². The molecular formula is C11H12FN3. The van der Waals surface area contributed by atoms with E-state index in [0.29, 0.717) is 5.92 Å². The fourth-order valence-electron chi connectivity index (χ4n) is 2.22. The molecule has 1 aromatic carbocycles. The summed E-state index contributed by atoms with van der Waals surface area (Å²) in [7, 11) is 0. The Kier molecular flexibility index (Phi) is 1.95. The molecule has 1 saturated heterocycles. The van der Waals surface area contributed by atoms with E-state index in [-0.39, 0.29) is 5.82 Å². The zero-order chi connectivity index (χ0) is 10.3. The van der Waals surface area contributed by atoms with Crippen LogP contribution in [0.15, 0.2) is 18.2 Å². The molecule has 0 aliphatic carbocycles. The number of H-pyrrole nitrogens is 1. The number of hydrogen-bond donors (Lipinski definition) is 2. The van der Waals surface area contributed by atoms with Gasteiger partial charge in [-0.2, -0.15) is 5.10 Å². The van der Waals surface area contributed by atoms with Gasteiger partial charge in [-0.15, -0.1) is 0 Å². The molecule has 15 heavy (non-hydrogen) atoms. The van der Waals surface area contributed by atoms with Crippen LogP contribution in [-0.4, -0.2) is 23.3 Å². The highest BCUT2D eigenvalue weighted by atomic mass is 19.1. The molecule has 1 aliphatic rings. The molecule has 0 saturated carbocycles. The van der Waals surface area contributed by atoms with Crippen LogP contribution >= 0.6 is 0 Å². The molecule has 1 atom stereocenters. The van der Waals surface area contributed by atoms with Crippen LogP contribution in [0.3, 0.4) is 0 Å². The number of rotatable bonds is 1. The Hall–Kier alpha value is -1.42. The molecule has 2 heterocycles. The van der Waals surface area contributed by atoms with Crippen molar-refractivity contribution in [2.24, 2.45) is 0 Å². The molecule has 2 N–H and O–H groups in total. The van der Waals surface area contributed by atoms with Crippen LogP contribution in [0.4, 0.5) is 4.39 Å². The minimum absolute atomic E-state index is 0.231. The van der Waals surface area contributed by atoms with Gasteiger partial charge in [0.2, 0.25) is 0 Å². The van der Waals surface area contributed by atoms with Gasteiger partial charge in [0.1, 0.15) is 5.82 Å². The Morgan fingerprint density at radius 1 is 1.40 bits per heavy atom.